The van der Waals surface area contributed by atoms with E-state index in [4.69, 9.17) is 14.9 Å². The van der Waals surface area contributed by atoms with E-state index in [0.29, 0.717) is 19.6 Å². The number of rotatable bonds is 6. The average molecular weight is 365 g/mol. The fourth-order valence-corrected chi connectivity index (χ4v) is 3.44. The monoisotopic (exact) mass is 365 g/mol. The van der Waals surface area contributed by atoms with Gasteiger partial charge in [0, 0.05) is 5.92 Å². The van der Waals surface area contributed by atoms with Crippen LogP contribution in [0.3, 0.4) is 0 Å². The molecule has 3 rings (SSSR count). The molecule has 0 bridgehead atoms. The average Bonchev–Trinajstić information content (AvgIpc) is 2.71. The first-order chi connectivity index (χ1) is 13.0. The molecule has 0 heterocycles. The Balaban J connectivity index is 1.67. The Kier molecular flexibility index (Phi) is 5.97. The second-order valence-corrected chi connectivity index (χ2v) is 7.25. The van der Waals surface area contributed by atoms with Gasteiger partial charge in [-0.2, -0.15) is 0 Å². The highest BCUT2D eigenvalue weighted by molar-refractivity contribution is 5.83. The van der Waals surface area contributed by atoms with Crippen LogP contribution in [0.2, 0.25) is 0 Å². The molecule has 2 aromatic rings. The smallest absolute Gasteiger partial charge is 0.194 e. The van der Waals surface area contributed by atoms with E-state index in [1.807, 2.05) is 74.5 Å². The lowest BCUT2D eigenvalue weighted by Crippen LogP contribution is -2.46. The van der Waals surface area contributed by atoms with Crippen LogP contribution in [0.25, 0.3) is 0 Å². The van der Waals surface area contributed by atoms with Crippen LogP contribution >= 0.6 is 0 Å². The molecular formula is C23H27NO3. The summed E-state index contributed by atoms with van der Waals surface area (Å²) in [6.45, 7) is 4.69. The van der Waals surface area contributed by atoms with Gasteiger partial charge in [0.1, 0.15) is 17.8 Å². The molecule has 0 aromatic heterocycles. The summed E-state index contributed by atoms with van der Waals surface area (Å²) in [6.07, 6.45) is 2.30. The van der Waals surface area contributed by atoms with Crippen molar-refractivity contribution in [1.29, 1.82) is 5.41 Å². The number of hydrogen-bond donors (Lipinski definition) is 2. The van der Waals surface area contributed by atoms with Crippen molar-refractivity contribution in [1.82, 2.24) is 0 Å². The molecule has 0 radical (unpaired) electrons. The summed E-state index contributed by atoms with van der Waals surface area (Å²) < 4.78 is 11.9. The van der Waals surface area contributed by atoms with E-state index in [1.165, 1.54) is 0 Å². The fraction of sp³-hybridized carbons (Fsp3) is 0.348. The summed E-state index contributed by atoms with van der Waals surface area (Å²) in [4.78, 5) is 0. The molecule has 3 atom stereocenters. The van der Waals surface area contributed by atoms with Gasteiger partial charge in [-0.3, -0.25) is 5.41 Å². The van der Waals surface area contributed by atoms with Crippen molar-refractivity contribution in [3.8, 4) is 0 Å². The highest BCUT2D eigenvalue weighted by Crippen LogP contribution is 2.43. The van der Waals surface area contributed by atoms with Gasteiger partial charge in [0.15, 0.2) is 5.90 Å². The third kappa shape index (κ3) is 4.22. The maximum Gasteiger partial charge on any atom is 0.194 e. The van der Waals surface area contributed by atoms with Crippen LogP contribution in [0.4, 0.5) is 0 Å². The SMILES string of the molecule is C[C@@H]1[C@H](OCc2ccccc2)CC=C(O)[C@]1(C)C(=N)OCc1ccccc1. The van der Waals surface area contributed by atoms with E-state index >= 15 is 0 Å². The normalized spacial score (nSPS) is 24.9. The van der Waals surface area contributed by atoms with Gasteiger partial charge in [0.2, 0.25) is 0 Å². The molecule has 27 heavy (non-hydrogen) atoms. The fourth-order valence-electron chi connectivity index (χ4n) is 3.44. The Morgan fingerprint density at radius 1 is 1.04 bits per heavy atom. The first-order valence-corrected chi connectivity index (χ1v) is 9.32. The molecule has 0 saturated carbocycles. The molecule has 1 aliphatic rings. The number of nitrogens with one attached hydrogen (secondary N) is 1. The van der Waals surface area contributed by atoms with Crippen molar-refractivity contribution in [2.24, 2.45) is 11.3 Å². The second-order valence-electron chi connectivity index (χ2n) is 7.25. The molecule has 0 saturated heterocycles. The maximum absolute atomic E-state index is 10.6. The van der Waals surface area contributed by atoms with Gasteiger partial charge in [-0.1, -0.05) is 67.6 Å². The Labute approximate surface area is 161 Å². The summed E-state index contributed by atoms with van der Waals surface area (Å²) in [5.41, 5.74) is 1.21. The van der Waals surface area contributed by atoms with Crippen molar-refractivity contribution in [2.45, 2.75) is 39.6 Å². The quantitative estimate of drug-likeness (QED) is 0.542. The van der Waals surface area contributed by atoms with Crippen molar-refractivity contribution in [3.63, 3.8) is 0 Å². The lowest BCUT2D eigenvalue weighted by atomic mass is 9.69. The van der Waals surface area contributed by atoms with Crippen LogP contribution in [0, 0.1) is 16.7 Å². The molecule has 2 N–H and O–H groups in total. The Hall–Kier alpha value is -2.59. The van der Waals surface area contributed by atoms with Gasteiger partial charge < -0.3 is 14.6 Å². The van der Waals surface area contributed by atoms with Gasteiger partial charge in [-0.15, -0.1) is 0 Å². The molecule has 0 amide bonds. The van der Waals surface area contributed by atoms with E-state index in [0.717, 1.165) is 11.1 Å². The minimum absolute atomic E-state index is 0.0700. The Morgan fingerprint density at radius 3 is 2.19 bits per heavy atom. The topological polar surface area (TPSA) is 62.5 Å². The van der Waals surface area contributed by atoms with Crippen LogP contribution in [-0.2, 0) is 22.7 Å². The highest BCUT2D eigenvalue weighted by Gasteiger charge is 2.47. The van der Waals surface area contributed by atoms with Gasteiger partial charge in [-0.05, 0) is 30.5 Å². The first kappa shape index (κ1) is 19.2. The zero-order chi connectivity index (χ0) is 19.3. The van der Waals surface area contributed by atoms with Crippen LogP contribution < -0.4 is 0 Å². The summed E-state index contributed by atoms with van der Waals surface area (Å²) >= 11 is 0. The maximum atomic E-state index is 10.6. The minimum atomic E-state index is -0.894. The van der Waals surface area contributed by atoms with E-state index in [-0.39, 0.29) is 23.7 Å². The molecular weight excluding hydrogens is 338 g/mol. The van der Waals surface area contributed by atoms with E-state index in [9.17, 15) is 5.11 Å². The van der Waals surface area contributed by atoms with E-state index in [1.54, 1.807) is 6.08 Å². The Bertz CT molecular complexity index is 788. The van der Waals surface area contributed by atoms with Crippen LogP contribution in [0.5, 0.6) is 0 Å². The van der Waals surface area contributed by atoms with Crippen LogP contribution in [0.15, 0.2) is 72.5 Å². The third-order valence-corrected chi connectivity index (χ3v) is 5.55. The molecule has 0 aliphatic heterocycles. The molecule has 2 aromatic carbocycles. The molecule has 0 spiro atoms. The van der Waals surface area contributed by atoms with E-state index in [2.05, 4.69) is 0 Å². The predicted molar refractivity (Wildman–Crippen MR) is 107 cm³/mol. The van der Waals surface area contributed by atoms with Crippen molar-refractivity contribution in [3.05, 3.63) is 83.6 Å². The zero-order valence-corrected chi connectivity index (χ0v) is 15.9. The first-order valence-electron chi connectivity index (χ1n) is 9.32. The lowest BCUT2D eigenvalue weighted by Gasteiger charge is -2.41. The molecule has 4 heteroatoms. The third-order valence-electron chi connectivity index (χ3n) is 5.55. The lowest BCUT2D eigenvalue weighted by molar-refractivity contribution is -0.0323. The molecule has 0 fully saturated rings. The highest BCUT2D eigenvalue weighted by atomic mass is 16.5. The number of ether oxygens (including phenoxy) is 2. The van der Waals surface area contributed by atoms with Gasteiger partial charge in [-0.25, -0.2) is 0 Å². The van der Waals surface area contributed by atoms with Gasteiger partial charge in [0.25, 0.3) is 0 Å². The summed E-state index contributed by atoms with van der Waals surface area (Å²) in [7, 11) is 0. The van der Waals surface area contributed by atoms with Gasteiger partial charge >= 0.3 is 0 Å². The van der Waals surface area contributed by atoms with Crippen LogP contribution in [-0.4, -0.2) is 17.1 Å². The number of aliphatic hydroxyl groups is 1. The molecule has 4 nitrogen and oxygen atoms in total. The van der Waals surface area contributed by atoms with Crippen molar-refractivity contribution >= 4 is 5.90 Å². The van der Waals surface area contributed by atoms with Crippen molar-refractivity contribution in [2.75, 3.05) is 0 Å². The summed E-state index contributed by atoms with van der Waals surface area (Å²) in [5, 5.41) is 19.1. The standard InChI is InChI=1S/C23H27NO3/c1-17-20(26-15-18-9-5-3-6-10-18)13-14-21(25)23(17,2)22(24)27-16-19-11-7-4-8-12-19/h3-12,14,17,20,24-25H,13,15-16H2,1-2H3/t17-,20-,23-/m1/s1. The largest absolute Gasteiger partial charge is 0.512 e. The predicted octanol–water partition coefficient (Wildman–Crippen LogP) is 5.25. The number of benzene rings is 2. The second kappa shape index (κ2) is 8.40. The summed E-state index contributed by atoms with van der Waals surface area (Å²) in [6, 6.07) is 19.8. The molecule has 0 unspecified atom stereocenters. The number of hydrogen-bond acceptors (Lipinski definition) is 4. The Morgan fingerprint density at radius 2 is 1.59 bits per heavy atom. The van der Waals surface area contributed by atoms with Crippen molar-refractivity contribution < 1.29 is 14.6 Å². The number of aliphatic hydroxyl groups excluding tert-OH is 1. The summed E-state index contributed by atoms with van der Waals surface area (Å²) in [5.74, 6) is 0.169. The zero-order valence-electron chi connectivity index (χ0n) is 15.9. The van der Waals surface area contributed by atoms with Gasteiger partial charge in [0.05, 0.1) is 12.7 Å². The van der Waals surface area contributed by atoms with Crippen LogP contribution in [0.1, 0.15) is 31.4 Å². The molecule has 142 valence electrons. The minimum Gasteiger partial charge on any atom is -0.512 e. The van der Waals surface area contributed by atoms with E-state index < -0.39 is 5.41 Å². The molecule has 1 aliphatic carbocycles.